The van der Waals surface area contributed by atoms with Gasteiger partial charge < -0.3 is 4.74 Å². The number of benzene rings is 3. The highest BCUT2D eigenvalue weighted by molar-refractivity contribution is 8.18. The molecule has 140 valence electrons. The third kappa shape index (κ3) is 3.51. The second-order valence-electron chi connectivity index (χ2n) is 6.30. The molecule has 0 unspecified atom stereocenters. The fraction of sp³-hybridized carbons (Fsp3) is 0.0909. The van der Waals surface area contributed by atoms with Gasteiger partial charge in [0.15, 0.2) is 0 Å². The van der Waals surface area contributed by atoms with E-state index in [1.807, 2.05) is 42.5 Å². The Bertz CT molecular complexity index is 1130. The summed E-state index contributed by atoms with van der Waals surface area (Å²) < 4.78 is 5.48. The first kappa shape index (κ1) is 18.6. The maximum absolute atomic E-state index is 12.9. The smallest absolute Gasteiger partial charge is 0.293 e. The van der Waals surface area contributed by atoms with Crippen LogP contribution in [0.4, 0.5) is 4.79 Å². The Morgan fingerprint density at radius 2 is 1.89 bits per heavy atom. The normalized spacial score (nSPS) is 15.6. The Labute approximate surface area is 171 Å². The standard InChI is InChI=1S/C22H16ClNO3S/c1-27-19-10-9-15-6-2-3-8-17(15)18(19)12-20-21(25)24(22(26)28-20)13-14-5-4-7-16(23)11-14/h2-12H,13H2,1H3/b20-12-. The van der Waals surface area contributed by atoms with E-state index in [1.54, 1.807) is 31.4 Å². The molecule has 28 heavy (non-hydrogen) atoms. The van der Waals surface area contributed by atoms with Gasteiger partial charge in [-0.15, -0.1) is 0 Å². The summed E-state index contributed by atoms with van der Waals surface area (Å²) in [6, 6.07) is 18.8. The molecular weight excluding hydrogens is 394 g/mol. The summed E-state index contributed by atoms with van der Waals surface area (Å²) in [5, 5.41) is 2.27. The van der Waals surface area contributed by atoms with Gasteiger partial charge in [-0.25, -0.2) is 0 Å². The maximum Gasteiger partial charge on any atom is 0.293 e. The minimum atomic E-state index is -0.315. The van der Waals surface area contributed by atoms with Crippen LogP contribution < -0.4 is 4.74 Å². The molecule has 0 atom stereocenters. The van der Waals surface area contributed by atoms with E-state index in [-0.39, 0.29) is 17.7 Å². The summed E-state index contributed by atoms with van der Waals surface area (Å²) in [5.41, 5.74) is 1.59. The van der Waals surface area contributed by atoms with E-state index in [2.05, 4.69) is 0 Å². The summed E-state index contributed by atoms with van der Waals surface area (Å²) >= 11 is 6.95. The Kier molecular flexibility index (Phi) is 5.11. The van der Waals surface area contributed by atoms with Gasteiger partial charge in [0.1, 0.15) is 5.75 Å². The zero-order valence-electron chi connectivity index (χ0n) is 15.0. The van der Waals surface area contributed by atoms with E-state index in [9.17, 15) is 9.59 Å². The predicted octanol–water partition coefficient (Wildman–Crippen LogP) is 5.74. The lowest BCUT2D eigenvalue weighted by molar-refractivity contribution is -0.123. The number of carbonyl (C=O) groups excluding carboxylic acids is 2. The van der Waals surface area contributed by atoms with Crippen LogP contribution in [0.3, 0.4) is 0 Å². The average molecular weight is 410 g/mol. The number of methoxy groups -OCH3 is 1. The van der Waals surface area contributed by atoms with Gasteiger partial charge in [-0.2, -0.15) is 0 Å². The minimum absolute atomic E-state index is 0.190. The van der Waals surface area contributed by atoms with E-state index < -0.39 is 0 Å². The number of hydrogen-bond donors (Lipinski definition) is 0. The summed E-state index contributed by atoms with van der Waals surface area (Å²) in [7, 11) is 1.59. The van der Waals surface area contributed by atoms with Crippen molar-refractivity contribution in [3.8, 4) is 5.75 Å². The number of ether oxygens (including phenoxy) is 1. The summed E-state index contributed by atoms with van der Waals surface area (Å²) in [6.45, 7) is 0.190. The number of thioether (sulfide) groups is 1. The van der Waals surface area contributed by atoms with Crippen molar-refractivity contribution in [3.63, 3.8) is 0 Å². The Morgan fingerprint density at radius 1 is 1.07 bits per heavy atom. The van der Waals surface area contributed by atoms with E-state index in [0.717, 1.165) is 33.7 Å². The van der Waals surface area contributed by atoms with Crippen LogP contribution in [0.5, 0.6) is 5.75 Å². The molecule has 1 aliphatic heterocycles. The quantitative estimate of drug-likeness (QED) is 0.515. The van der Waals surface area contributed by atoms with Crippen LogP contribution in [0.1, 0.15) is 11.1 Å². The number of nitrogens with zero attached hydrogens (tertiary/aromatic N) is 1. The fourth-order valence-corrected chi connectivity index (χ4v) is 4.22. The van der Waals surface area contributed by atoms with Crippen molar-refractivity contribution in [3.05, 3.63) is 81.7 Å². The molecule has 1 heterocycles. The first-order chi connectivity index (χ1) is 13.6. The van der Waals surface area contributed by atoms with Crippen molar-refractivity contribution in [2.45, 2.75) is 6.54 Å². The van der Waals surface area contributed by atoms with Gasteiger partial charge in [-0.3, -0.25) is 14.5 Å². The van der Waals surface area contributed by atoms with E-state index in [1.165, 1.54) is 4.90 Å². The monoisotopic (exact) mass is 409 g/mol. The molecule has 1 saturated heterocycles. The van der Waals surface area contributed by atoms with E-state index in [4.69, 9.17) is 16.3 Å². The molecule has 0 aliphatic carbocycles. The lowest BCUT2D eigenvalue weighted by Gasteiger charge is -2.13. The lowest BCUT2D eigenvalue weighted by Crippen LogP contribution is -2.27. The minimum Gasteiger partial charge on any atom is -0.496 e. The van der Waals surface area contributed by atoms with Gasteiger partial charge >= 0.3 is 0 Å². The zero-order chi connectivity index (χ0) is 19.7. The van der Waals surface area contributed by atoms with Crippen LogP contribution in [0.25, 0.3) is 16.8 Å². The molecule has 1 aliphatic rings. The molecule has 0 radical (unpaired) electrons. The first-order valence-corrected chi connectivity index (χ1v) is 9.82. The second-order valence-corrected chi connectivity index (χ2v) is 7.73. The van der Waals surface area contributed by atoms with Gasteiger partial charge in [0, 0.05) is 10.6 Å². The molecule has 0 spiro atoms. The Morgan fingerprint density at radius 3 is 2.68 bits per heavy atom. The van der Waals surface area contributed by atoms with Crippen LogP contribution in [0.15, 0.2) is 65.6 Å². The second kappa shape index (κ2) is 7.70. The van der Waals surface area contributed by atoms with Gasteiger partial charge in [-0.1, -0.05) is 54.1 Å². The highest BCUT2D eigenvalue weighted by atomic mass is 35.5. The number of hydrogen-bond acceptors (Lipinski definition) is 4. The number of amides is 2. The topological polar surface area (TPSA) is 46.6 Å². The average Bonchev–Trinajstić information content (AvgIpc) is 2.96. The van der Waals surface area contributed by atoms with Crippen LogP contribution in [-0.2, 0) is 11.3 Å². The molecule has 0 bridgehead atoms. The highest BCUT2D eigenvalue weighted by Gasteiger charge is 2.35. The van der Waals surface area contributed by atoms with Gasteiger partial charge in [0.25, 0.3) is 11.1 Å². The highest BCUT2D eigenvalue weighted by Crippen LogP contribution is 2.37. The van der Waals surface area contributed by atoms with Crippen molar-refractivity contribution >= 4 is 51.4 Å². The molecule has 4 nitrogen and oxygen atoms in total. The molecule has 3 aromatic carbocycles. The van der Waals surface area contributed by atoms with E-state index in [0.29, 0.717) is 15.7 Å². The van der Waals surface area contributed by atoms with Crippen molar-refractivity contribution in [1.82, 2.24) is 4.90 Å². The lowest BCUT2D eigenvalue weighted by atomic mass is 10.0. The van der Waals surface area contributed by atoms with Crippen molar-refractivity contribution in [2.24, 2.45) is 0 Å². The van der Waals surface area contributed by atoms with Gasteiger partial charge in [0.05, 0.1) is 18.6 Å². The van der Waals surface area contributed by atoms with E-state index >= 15 is 0 Å². The van der Waals surface area contributed by atoms with Crippen molar-refractivity contribution in [1.29, 1.82) is 0 Å². The molecule has 2 amide bonds. The fourth-order valence-electron chi connectivity index (χ4n) is 3.19. The van der Waals surface area contributed by atoms with Crippen LogP contribution in [0, 0.1) is 0 Å². The number of halogens is 1. The zero-order valence-corrected chi connectivity index (χ0v) is 16.6. The van der Waals surface area contributed by atoms with Crippen LogP contribution >= 0.6 is 23.4 Å². The Hall–Kier alpha value is -2.76. The van der Waals surface area contributed by atoms with Gasteiger partial charge in [-0.05, 0) is 52.4 Å². The number of carbonyl (C=O) groups is 2. The van der Waals surface area contributed by atoms with Crippen molar-refractivity contribution in [2.75, 3.05) is 7.11 Å². The number of imide groups is 1. The molecule has 0 saturated carbocycles. The SMILES string of the molecule is COc1ccc2ccccc2c1/C=C1\SC(=O)N(Cc2cccc(Cl)c2)C1=O. The predicted molar refractivity (Wildman–Crippen MR) is 113 cm³/mol. The van der Waals surface area contributed by atoms with Crippen LogP contribution in [-0.4, -0.2) is 23.2 Å². The summed E-state index contributed by atoms with van der Waals surface area (Å²) in [4.78, 5) is 27.0. The molecular formula is C22H16ClNO3S. The van der Waals surface area contributed by atoms with Crippen LogP contribution in [0.2, 0.25) is 5.02 Å². The molecule has 0 N–H and O–H groups in total. The number of fused-ring (bicyclic) bond motifs is 1. The van der Waals surface area contributed by atoms with Gasteiger partial charge in [0.2, 0.25) is 0 Å². The first-order valence-electron chi connectivity index (χ1n) is 8.62. The maximum atomic E-state index is 12.9. The third-order valence-electron chi connectivity index (χ3n) is 4.53. The largest absolute Gasteiger partial charge is 0.496 e. The third-order valence-corrected chi connectivity index (χ3v) is 5.67. The summed E-state index contributed by atoms with van der Waals surface area (Å²) in [6.07, 6.45) is 1.74. The molecule has 0 aromatic heterocycles. The Balaban J connectivity index is 1.71. The number of rotatable bonds is 4. The van der Waals surface area contributed by atoms with Crippen molar-refractivity contribution < 1.29 is 14.3 Å². The molecule has 1 fully saturated rings. The molecule has 6 heteroatoms. The summed E-state index contributed by atoms with van der Waals surface area (Å²) in [5.74, 6) is 0.338. The molecule has 3 aromatic rings. The molecule has 4 rings (SSSR count).